The van der Waals surface area contributed by atoms with E-state index in [1.807, 2.05) is 13.8 Å². The summed E-state index contributed by atoms with van der Waals surface area (Å²) in [5.41, 5.74) is -0.531. The van der Waals surface area contributed by atoms with Gasteiger partial charge in [-0.2, -0.15) is 0 Å². The fourth-order valence-corrected chi connectivity index (χ4v) is 2.80. The number of carboxylic acid groups (broad SMARTS) is 1. The average Bonchev–Trinajstić information content (AvgIpc) is 2.38. The van der Waals surface area contributed by atoms with Crippen LogP contribution < -0.4 is 5.32 Å². The van der Waals surface area contributed by atoms with Crippen molar-refractivity contribution in [3.8, 4) is 0 Å². The van der Waals surface area contributed by atoms with Crippen LogP contribution in [0.4, 0.5) is 0 Å². The van der Waals surface area contributed by atoms with Crippen molar-refractivity contribution in [3.05, 3.63) is 0 Å². The minimum absolute atomic E-state index is 0.0751. The SMILES string of the molecule is CCCC1(C(=O)O)CCN(CCC(=O)NCC)CC1. The summed E-state index contributed by atoms with van der Waals surface area (Å²) < 4.78 is 0. The maximum atomic E-state index is 11.4. The summed E-state index contributed by atoms with van der Waals surface area (Å²) in [5.74, 6) is -0.580. The first-order valence-electron chi connectivity index (χ1n) is 7.26. The van der Waals surface area contributed by atoms with Gasteiger partial charge in [-0.3, -0.25) is 9.59 Å². The third-order valence-corrected chi connectivity index (χ3v) is 4.02. The van der Waals surface area contributed by atoms with Crippen LogP contribution in [-0.2, 0) is 9.59 Å². The van der Waals surface area contributed by atoms with Gasteiger partial charge in [-0.25, -0.2) is 0 Å². The first-order valence-corrected chi connectivity index (χ1v) is 7.26. The van der Waals surface area contributed by atoms with E-state index in [-0.39, 0.29) is 5.91 Å². The Morgan fingerprint density at radius 2 is 1.89 bits per heavy atom. The molecule has 1 amide bonds. The Morgan fingerprint density at radius 3 is 2.37 bits per heavy atom. The van der Waals surface area contributed by atoms with Crippen LogP contribution in [0.3, 0.4) is 0 Å². The Balaban J connectivity index is 2.39. The number of carbonyl (C=O) groups is 2. The zero-order valence-corrected chi connectivity index (χ0v) is 12.1. The average molecular weight is 270 g/mol. The van der Waals surface area contributed by atoms with Crippen LogP contribution in [0.1, 0.15) is 46.0 Å². The molecule has 2 N–H and O–H groups in total. The highest BCUT2D eigenvalue weighted by Gasteiger charge is 2.40. The number of amides is 1. The third-order valence-electron chi connectivity index (χ3n) is 4.02. The summed E-state index contributed by atoms with van der Waals surface area (Å²) in [4.78, 5) is 25.0. The number of hydrogen-bond donors (Lipinski definition) is 2. The van der Waals surface area contributed by atoms with Gasteiger partial charge in [-0.15, -0.1) is 0 Å². The van der Waals surface area contributed by atoms with Crippen molar-refractivity contribution in [1.29, 1.82) is 0 Å². The normalized spacial score (nSPS) is 19.1. The van der Waals surface area contributed by atoms with Crippen molar-refractivity contribution in [2.24, 2.45) is 5.41 Å². The topological polar surface area (TPSA) is 69.6 Å². The molecule has 0 bridgehead atoms. The van der Waals surface area contributed by atoms with Gasteiger partial charge in [0, 0.05) is 19.5 Å². The number of aliphatic carboxylic acids is 1. The van der Waals surface area contributed by atoms with Crippen molar-refractivity contribution in [2.45, 2.75) is 46.0 Å². The lowest BCUT2D eigenvalue weighted by molar-refractivity contribution is -0.152. The highest BCUT2D eigenvalue weighted by Crippen LogP contribution is 2.36. The van der Waals surface area contributed by atoms with E-state index < -0.39 is 11.4 Å². The van der Waals surface area contributed by atoms with Gasteiger partial charge < -0.3 is 15.3 Å². The van der Waals surface area contributed by atoms with Crippen molar-refractivity contribution in [2.75, 3.05) is 26.2 Å². The highest BCUT2D eigenvalue weighted by molar-refractivity contribution is 5.76. The Labute approximate surface area is 115 Å². The van der Waals surface area contributed by atoms with E-state index in [0.29, 0.717) is 25.8 Å². The van der Waals surface area contributed by atoms with Crippen LogP contribution in [0.2, 0.25) is 0 Å². The molecule has 0 atom stereocenters. The van der Waals surface area contributed by atoms with Crippen molar-refractivity contribution in [3.63, 3.8) is 0 Å². The standard InChI is InChI=1S/C14H26N2O3/c1-3-6-14(13(18)19)7-10-16(11-8-14)9-5-12(17)15-4-2/h3-11H2,1-2H3,(H,15,17)(H,18,19). The second-order valence-electron chi connectivity index (χ2n) is 5.38. The van der Waals surface area contributed by atoms with Gasteiger partial charge in [0.15, 0.2) is 0 Å². The van der Waals surface area contributed by atoms with Gasteiger partial charge >= 0.3 is 5.97 Å². The number of piperidine rings is 1. The second kappa shape index (κ2) is 7.48. The molecule has 0 spiro atoms. The molecule has 0 aromatic heterocycles. The molecule has 0 radical (unpaired) electrons. The summed E-state index contributed by atoms with van der Waals surface area (Å²) in [7, 11) is 0. The molecule has 1 fully saturated rings. The van der Waals surface area contributed by atoms with E-state index in [4.69, 9.17) is 0 Å². The molecule has 0 saturated carbocycles. The van der Waals surface area contributed by atoms with Crippen LogP contribution in [-0.4, -0.2) is 48.1 Å². The van der Waals surface area contributed by atoms with E-state index >= 15 is 0 Å². The maximum Gasteiger partial charge on any atom is 0.309 e. The maximum absolute atomic E-state index is 11.4. The molecule has 1 aliphatic rings. The van der Waals surface area contributed by atoms with Crippen LogP contribution in [0.15, 0.2) is 0 Å². The summed E-state index contributed by atoms with van der Waals surface area (Å²) in [6.45, 7) is 6.90. The highest BCUT2D eigenvalue weighted by atomic mass is 16.4. The lowest BCUT2D eigenvalue weighted by Gasteiger charge is -2.38. The van der Waals surface area contributed by atoms with Crippen molar-refractivity contribution in [1.82, 2.24) is 10.2 Å². The van der Waals surface area contributed by atoms with Gasteiger partial charge in [-0.05, 0) is 39.3 Å². The number of hydrogen-bond acceptors (Lipinski definition) is 3. The molecule has 1 saturated heterocycles. The van der Waals surface area contributed by atoms with Crippen molar-refractivity contribution < 1.29 is 14.7 Å². The molecule has 1 heterocycles. The molecule has 1 rings (SSSR count). The third kappa shape index (κ3) is 4.49. The summed E-state index contributed by atoms with van der Waals surface area (Å²) in [6.07, 6.45) is 3.57. The molecule has 19 heavy (non-hydrogen) atoms. The van der Waals surface area contributed by atoms with E-state index in [1.54, 1.807) is 0 Å². The fraction of sp³-hybridized carbons (Fsp3) is 0.857. The van der Waals surface area contributed by atoms with Crippen LogP contribution >= 0.6 is 0 Å². The summed E-state index contributed by atoms with van der Waals surface area (Å²) in [5, 5.41) is 12.2. The van der Waals surface area contributed by atoms with Crippen LogP contribution in [0.25, 0.3) is 0 Å². The lowest BCUT2D eigenvalue weighted by Crippen LogP contribution is -2.45. The van der Waals surface area contributed by atoms with Gasteiger partial charge in [0.2, 0.25) is 5.91 Å². The number of nitrogens with one attached hydrogen (secondary N) is 1. The monoisotopic (exact) mass is 270 g/mol. The quantitative estimate of drug-likeness (QED) is 0.735. The lowest BCUT2D eigenvalue weighted by atomic mass is 9.75. The zero-order valence-electron chi connectivity index (χ0n) is 12.1. The second-order valence-corrected chi connectivity index (χ2v) is 5.38. The molecule has 0 unspecified atom stereocenters. The van der Waals surface area contributed by atoms with E-state index in [1.165, 1.54) is 0 Å². The first kappa shape index (κ1) is 16.0. The molecule has 5 heteroatoms. The van der Waals surface area contributed by atoms with Crippen LogP contribution in [0, 0.1) is 5.41 Å². The molecule has 5 nitrogen and oxygen atoms in total. The van der Waals surface area contributed by atoms with Crippen LogP contribution in [0.5, 0.6) is 0 Å². The van der Waals surface area contributed by atoms with Gasteiger partial charge in [-0.1, -0.05) is 13.3 Å². The largest absolute Gasteiger partial charge is 0.481 e. The summed E-state index contributed by atoms with van der Waals surface area (Å²) in [6, 6.07) is 0. The molecule has 0 aromatic rings. The Morgan fingerprint density at radius 1 is 1.26 bits per heavy atom. The summed E-state index contributed by atoms with van der Waals surface area (Å²) >= 11 is 0. The van der Waals surface area contributed by atoms with E-state index in [0.717, 1.165) is 32.5 Å². The molecule has 1 aliphatic heterocycles. The molecular weight excluding hydrogens is 244 g/mol. The smallest absolute Gasteiger partial charge is 0.309 e. The number of carboxylic acids is 1. The minimum atomic E-state index is -0.655. The molecule has 110 valence electrons. The van der Waals surface area contributed by atoms with Gasteiger partial charge in [0.05, 0.1) is 5.41 Å². The Hall–Kier alpha value is -1.10. The van der Waals surface area contributed by atoms with E-state index in [9.17, 15) is 14.7 Å². The zero-order chi connectivity index (χ0) is 14.3. The van der Waals surface area contributed by atoms with Gasteiger partial charge in [0.1, 0.15) is 0 Å². The number of likely N-dealkylation sites (tertiary alicyclic amines) is 1. The molecule has 0 aromatic carbocycles. The number of carbonyl (C=O) groups excluding carboxylic acids is 1. The Bertz CT molecular complexity index is 310. The first-order chi connectivity index (χ1) is 9.04. The van der Waals surface area contributed by atoms with Crippen molar-refractivity contribution >= 4 is 11.9 Å². The molecular formula is C14H26N2O3. The Kier molecular flexibility index (Phi) is 6.28. The minimum Gasteiger partial charge on any atom is -0.481 e. The van der Waals surface area contributed by atoms with E-state index in [2.05, 4.69) is 10.2 Å². The fourth-order valence-electron chi connectivity index (χ4n) is 2.80. The predicted octanol–water partition coefficient (Wildman–Crippen LogP) is 1.48. The number of rotatable bonds is 7. The molecule has 0 aliphatic carbocycles. The predicted molar refractivity (Wildman–Crippen MR) is 74.0 cm³/mol. The van der Waals surface area contributed by atoms with Gasteiger partial charge in [0.25, 0.3) is 0 Å². The number of nitrogens with zero attached hydrogens (tertiary/aromatic N) is 1.